The highest BCUT2D eigenvalue weighted by molar-refractivity contribution is 6.34. The van der Waals surface area contributed by atoms with Crippen LogP contribution in [0.2, 0.25) is 5.02 Å². The van der Waals surface area contributed by atoms with Crippen LogP contribution >= 0.6 is 11.6 Å². The summed E-state index contributed by atoms with van der Waals surface area (Å²) in [7, 11) is 0. The molecule has 0 aromatic heterocycles. The fourth-order valence-corrected chi connectivity index (χ4v) is 2.69. The minimum absolute atomic E-state index is 0.198. The van der Waals surface area contributed by atoms with Crippen LogP contribution in [0, 0.1) is 13.8 Å². The Kier molecular flexibility index (Phi) is 6.42. The molecule has 0 unspecified atom stereocenters. The zero-order valence-corrected chi connectivity index (χ0v) is 15.1. The summed E-state index contributed by atoms with van der Waals surface area (Å²) in [5.41, 5.74) is 2.84. The van der Waals surface area contributed by atoms with Gasteiger partial charge in [-0.1, -0.05) is 23.7 Å². The van der Waals surface area contributed by atoms with Gasteiger partial charge in [0.1, 0.15) is 5.75 Å². The predicted molar refractivity (Wildman–Crippen MR) is 97.4 cm³/mol. The molecule has 0 saturated heterocycles. The van der Waals surface area contributed by atoms with Crippen molar-refractivity contribution in [2.24, 2.45) is 0 Å². The van der Waals surface area contributed by atoms with Gasteiger partial charge in [0.05, 0.1) is 22.9 Å². The van der Waals surface area contributed by atoms with E-state index >= 15 is 0 Å². The molecule has 0 bridgehead atoms. The Hall–Kier alpha value is -2.53. The van der Waals surface area contributed by atoms with E-state index in [2.05, 4.69) is 5.32 Å². The zero-order valence-electron chi connectivity index (χ0n) is 14.4. The van der Waals surface area contributed by atoms with Crippen LogP contribution in [-0.2, 0) is 9.53 Å². The number of aryl methyl sites for hydroxylation is 2. The third-order valence-electron chi connectivity index (χ3n) is 3.41. The normalized spacial score (nSPS) is 10.2. The highest BCUT2D eigenvalue weighted by Gasteiger charge is 2.11. The second-order valence-electron chi connectivity index (χ2n) is 5.52. The summed E-state index contributed by atoms with van der Waals surface area (Å²) >= 11 is 6.17. The third kappa shape index (κ3) is 5.22. The number of hydrogen-bond acceptors (Lipinski definition) is 4. The first-order valence-electron chi connectivity index (χ1n) is 7.87. The maximum Gasteiger partial charge on any atom is 0.338 e. The minimum atomic E-state index is -0.431. The van der Waals surface area contributed by atoms with Gasteiger partial charge in [-0.3, -0.25) is 4.79 Å². The fourth-order valence-electron chi connectivity index (χ4n) is 2.33. The Balaban J connectivity index is 1.99. The monoisotopic (exact) mass is 361 g/mol. The van der Waals surface area contributed by atoms with E-state index in [4.69, 9.17) is 21.1 Å². The highest BCUT2D eigenvalue weighted by Crippen LogP contribution is 2.27. The van der Waals surface area contributed by atoms with Crippen molar-refractivity contribution in [3.05, 3.63) is 58.1 Å². The van der Waals surface area contributed by atoms with E-state index in [0.717, 1.165) is 11.1 Å². The number of halogens is 1. The lowest BCUT2D eigenvalue weighted by Gasteiger charge is -2.12. The molecule has 0 spiro atoms. The summed E-state index contributed by atoms with van der Waals surface area (Å²) < 4.78 is 10.4. The third-order valence-corrected chi connectivity index (χ3v) is 3.71. The van der Waals surface area contributed by atoms with Crippen LogP contribution in [0.5, 0.6) is 5.75 Å². The molecule has 132 valence electrons. The van der Waals surface area contributed by atoms with Crippen LogP contribution < -0.4 is 10.1 Å². The van der Waals surface area contributed by atoms with Gasteiger partial charge in [-0.05, 0) is 56.2 Å². The van der Waals surface area contributed by atoms with E-state index in [9.17, 15) is 9.59 Å². The number of benzene rings is 2. The number of esters is 1. The van der Waals surface area contributed by atoms with Gasteiger partial charge >= 0.3 is 5.97 Å². The lowest BCUT2D eigenvalue weighted by Crippen LogP contribution is -2.21. The standard InChI is InChI=1S/C19H20ClNO4/c1-4-24-19(23)14-6-5-7-15(10-14)25-11-17(22)21-18-13(3)8-12(2)9-16(18)20/h5-10H,4,11H2,1-3H3,(H,21,22). The van der Waals surface area contributed by atoms with Crippen molar-refractivity contribution in [2.45, 2.75) is 20.8 Å². The van der Waals surface area contributed by atoms with Gasteiger partial charge in [0.15, 0.2) is 6.61 Å². The molecule has 25 heavy (non-hydrogen) atoms. The van der Waals surface area contributed by atoms with Crippen molar-refractivity contribution in [2.75, 3.05) is 18.5 Å². The van der Waals surface area contributed by atoms with Crippen LogP contribution in [0.1, 0.15) is 28.4 Å². The van der Waals surface area contributed by atoms with Gasteiger partial charge in [-0.2, -0.15) is 0 Å². The predicted octanol–water partition coefficient (Wildman–Crippen LogP) is 4.15. The molecular formula is C19H20ClNO4. The van der Waals surface area contributed by atoms with Crippen molar-refractivity contribution >= 4 is 29.2 Å². The maximum atomic E-state index is 12.1. The topological polar surface area (TPSA) is 64.6 Å². The van der Waals surface area contributed by atoms with E-state index < -0.39 is 5.97 Å². The highest BCUT2D eigenvalue weighted by atomic mass is 35.5. The lowest BCUT2D eigenvalue weighted by atomic mass is 10.1. The van der Waals surface area contributed by atoms with E-state index in [1.54, 1.807) is 31.2 Å². The Bertz CT molecular complexity index is 766. The number of carbonyl (C=O) groups excluding carboxylic acids is 2. The first-order chi connectivity index (χ1) is 11.9. The van der Waals surface area contributed by atoms with Crippen molar-refractivity contribution < 1.29 is 19.1 Å². The Morgan fingerprint density at radius 3 is 2.60 bits per heavy atom. The average molecular weight is 362 g/mol. The molecule has 0 radical (unpaired) electrons. The van der Waals surface area contributed by atoms with Gasteiger partial charge in [0.25, 0.3) is 5.91 Å². The summed E-state index contributed by atoms with van der Waals surface area (Å²) in [5, 5.41) is 3.23. The number of ether oxygens (including phenoxy) is 2. The molecule has 1 N–H and O–H groups in total. The van der Waals surface area contributed by atoms with Gasteiger partial charge in [-0.25, -0.2) is 4.79 Å². The molecule has 0 saturated carbocycles. The zero-order chi connectivity index (χ0) is 18.4. The molecule has 5 nitrogen and oxygen atoms in total. The van der Waals surface area contributed by atoms with Crippen LogP contribution in [0.3, 0.4) is 0 Å². The Morgan fingerprint density at radius 2 is 1.92 bits per heavy atom. The number of nitrogens with one attached hydrogen (secondary N) is 1. The number of anilines is 1. The summed E-state index contributed by atoms with van der Waals surface area (Å²) in [4.78, 5) is 23.8. The quantitative estimate of drug-likeness (QED) is 0.785. The minimum Gasteiger partial charge on any atom is -0.484 e. The van der Waals surface area contributed by atoms with Crippen LogP contribution in [0.15, 0.2) is 36.4 Å². The van der Waals surface area contributed by atoms with Gasteiger partial charge in [0.2, 0.25) is 0 Å². The van der Waals surface area contributed by atoms with Crippen LogP contribution in [0.4, 0.5) is 5.69 Å². The Labute approximate surface area is 151 Å². The summed E-state index contributed by atoms with van der Waals surface area (Å²) in [6.07, 6.45) is 0. The molecule has 2 aromatic rings. The van der Waals surface area contributed by atoms with E-state index in [0.29, 0.717) is 28.6 Å². The van der Waals surface area contributed by atoms with Gasteiger partial charge in [-0.15, -0.1) is 0 Å². The van der Waals surface area contributed by atoms with E-state index in [-0.39, 0.29) is 12.5 Å². The summed E-state index contributed by atoms with van der Waals surface area (Å²) in [5.74, 6) is -0.359. The smallest absolute Gasteiger partial charge is 0.338 e. The molecule has 2 aromatic carbocycles. The number of rotatable bonds is 6. The number of carbonyl (C=O) groups is 2. The first kappa shape index (κ1) is 18.8. The summed E-state index contributed by atoms with van der Waals surface area (Å²) in [6.45, 7) is 5.64. The molecule has 0 aliphatic carbocycles. The molecule has 0 atom stereocenters. The second-order valence-corrected chi connectivity index (χ2v) is 5.93. The van der Waals surface area contributed by atoms with Crippen molar-refractivity contribution in [1.29, 1.82) is 0 Å². The second kappa shape index (κ2) is 8.53. The SMILES string of the molecule is CCOC(=O)c1cccc(OCC(=O)Nc2c(C)cc(C)cc2Cl)c1. The molecule has 6 heteroatoms. The lowest BCUT2D eigenvalue weighted by molar-refractivity contribution is -0.118. The number of amides is 1. The fraction of sp³-hybridized carbons (Fsp3) is 0.263. The molecular weight excluding hydrogens is 342 g/mol. The molecule has 2 rings (SSSR count). The van der Waals surface area contributed by atoms with Crippen LogP contribution in [-0.4, -0.2) is 25.1 Å². The molecule has 0 heterocycles. The van der Waals surface area contributed by atoms with Gasteiger partial charge in [0, 0.05) is 0 Å². The van der Waals surface area contributed by atoms with Crippen molar-refractivity contribution in [3.8, 4) is 5.75 Å². The van der Waals surface area contributed by atoms with Crippen molar-refractivity contribution in [1.82, 2.24) is 0 Å². The van der Waals surface area contributed by atoms with Crippen molar-refractivity contribution in [3.63, 3.8) is 0 Å². The Morgan fingerprint density at radius 1 is 1.16 bits per heavy atom. The molecule has 0 aliphatic rings. The van der Waals surface area contributed by atoms with Gasteiger partial charge < -0.3 is 14.8 Å². The molecule has 1 amide bonds. The average Bonchev–Trinajstić information content (AvgIpc) is 2.56. The molecule has 0 aliphatic heterocycles. The molecule has 0 fully saturated rings. The van der Waals surface area contributed by atoms with E-state index in [1.165, 1.54) is 6.07 Å². The van der Waals surface area contributed by atoms with Crippen LogP contribution in [0.25, 0.3) is 0 Å². The maximum absolute atomic E-state index is 12.1. The first-order valence-corrected chi connectivity index (χ1v) is 8.25. The van der Waals surface area contributed by atoms with E-state index in [1.807, 2.05) is 19.9 Å². The summed E-state index contributed by atoms with van der Waals surface area (Å²) in [6, 6.07) is 10.2. The number of hydrogen-bond donors (Lipinski definition) is 1. The largest absolute Gasteiger partial charge is 0.484 e.